The molecule has 1 saturated heterocycles. The number of anilines is 1. The Hall–Kier alpha value is -1.65. The van der Waals surface area contributed by atoms with Crippen molar-refractivity contribution in [2.45, 2.75) is 36.7 Å². The first-order valence-electron chi connectivity index (χ1n) is 8.62. The minimum Gasteiger partial charge on any atom is -0.508 e. The molecule has 148 valence electrons. The normalized spacial score (nSPS) is 16.9. The first-order valence-corrected chi connectivity index (χ1v) is 11.1. The molecule has 1 aliphatic heterocycles. The Bertz CT molecular complexity index is 798. The lowest BCUT2D eigenvalue weighted by molar-refractivity contribution is -0.118. The quantitative estimate of drug-likeness (QED) is 0.587. The van der Waals surface area contributed by atoms with Gasteiger partial charge in [0.2, 0.25) is 0 Å². The van der Waals surface area contributed by atoms with E-state index in [2.05, 4.69) is 10.3 Å². The maximum absolute atomic E-state index is 12.8. The second kappa shape index (κ2) is 7.76. The highest BCUT2D eigenvalue weighted by Crippen LogP contribution is 2.58. The monoisotopic (exact) mass is 412 g/mol. The Morgan fingerprint density at radius 3 is 2.52 bits per heavy atom. The third-order valence-corrected chi connectivity index (χ3v) is 8.67. The van der Waals surface area contributed by atoms with Crippen LogP contribution in [0.5, 0.6) is 5.75 Å². The lowest BCUT2D eigenvalue weighted by Gasteiger charge is -2.51. The first kappa shape index (κ1) is 20.1. The van der Waals surface area contributed by atoms with Gasteiger partial charge in [0.05, 0.1) is 10.9 Å². The summed E-state index contributed by atoms with van der Waals surface area (Å²) in [4.78, 5) is 17.2. The maximum atomic E-state index is 12.8. The smallest absolute Gasteiger partial charge is 0.251 e. The minimum atomic E-state index is -3.17. The molecular formula is C18H24N2O5S2. The van der Waals surface area contributed by atoms with E-state index in [-0.39, 0.29) is 11.0 Å². The van der Waals surface area contributed by atoms with E-state index in [1.807, 2.05) is 0 Å². The van der Waals surface area contributed by atoms with E-state index in [1.165, 1.54) is 11.3 Å². The summed E-state index contributed by atoms with van der Waals surface area (Å²) in [7, 11) is -3.17. The summed E-state index contributed by atoms with van der Waals surface area (Å²) < 4.78 is 25.5. The van der Waals surface area contributed by atoms with Gasteiger partial charge in [-0.1, -0.05) is 0 Å². The summed E-state index contributed by atoms with van der Waals surface area (Å²) in [6.07, 6.45) is 1.06. The van der Waals surface area contributed by atoms with Crippen LogP contribution in [0.25, 0.3) is 11.3 Å². The van der Waals surface area contributed by atoms with Crippen LogP contribution in [0.4, 0.5) is 5.13 Å². The van der Waals surface area contributed by atoms with Crippen molar-refractivity contribution in [2.24, 2.45) is 0 Å². The van der Waals surface area contributed by atoms with Gasteiger partial charge in [-0.15, -0.1) is 11.3 Å². The molecule has 2 aromatic rings. The molecule has 0 bridgehead atoms. The SMILES string of the molecule is CC(C)(C(=O)Nc1nc(-c2ccc(O)cc2)cs1)S(O)(O)C1CCOCC1. The number of ether oxygens (including phenoxy) is 1. The van der Waals surface area contributed by atoms with Gasteiger partial charge in [0.25, 0.3) is 5.91 Å². The molecule has 0 spiro atoms. The average Bonchev–Trinajstić information content (AvgIpc) is 3.11. The minimum absolute atomic E-state index is 0.169. The molecule has 0 saturated carbocycles. The lowest BCUT2D eigenvalue weighted by atomic mass is 10.2. The number of carbonyl (C=O) groups is 1. The molecule has 0 atom stereocenters. The van der Waals surface area contributed by atoms with Crippen LogP contribution in [0.3, 0.4) is 0 Å². The number of amides is 1. The molecule has 1 aliphatic rings. The number of rotatable bonds is 5. The largest absolute Gasteiger partial charge is 0.508 e. The van der Waals surface area contributed by atoms with Crippen molar-refractivity contribution in [3.05, 3.63) is 29.6 Å². The lowest BCUT2D eigenvalue weighted by Crippen LogP contribution is -2.46. The van der Waals surface area contributed by atoms with Gasteiger partial charge in [-0.3, -0.25) is 13.9 Å². The topological polar surface area (TPSA) is 112 Å². The van der Waals surface area contributed by atoms with Crippen LogP contribution in [-0.2, 0) is 9.53 Å². The number of hydrogen-bond donors (Lipinski definition) is 4. The molecule has 1 fully saturated rings. The van der Waals surface area contributed by atoms with Crippen LogP contribution in [0, 0.1) is 0 Å². The Morgan fingerprint density at radius 2 is 1.89 bits per heavy atom. The number of aromatic hydroxyl groups is 1. The van der Waals surface area contributed by atoms with E-state index in [0.29, 0.717) is 36.9 Å². The van der Waals surface area contributed by atoms with Crippen LogP contribution in [0.15, 0.2) is 29.6 Å². The predicted octanol–water partition coefficient (Wildman–Crippen LogP) is 4.16. The van der Waals surface area contributed by atoms with Crippen LogP contribution in [0.1, 0.15) is 26.7 Å². The number of phenolic OH excluding ortho intramolecular Hbond substituents is 1. The van der Waals surface area contributed by atoms with Gasteiger partial charge in [-0.05, 0) is 51.0 Å². The molecule has 2 heterocycles. The van der Waals surface area contributed by atoms with E-state index in [9.17, 15) is 19.0 Å². The Labute approximate surface area is 163 Å². The number of thiazole rings is 1. The van der Waals surface area contributed by atoms with E-state index < -0.39 is 21.2 Å². The number of nitrogens with zero attached hydrogens (tertiary/aromatic N) is 1. The zero-order chi connectivity index (χ0) is 19.7. The van der Waals surface area contributed by atoms with Crippen LogP contribution in [0.2, 0.25) is 0 Å². The van der Waals surface area contributed by atoms with Crippen LogP contribution in [-0.4, -0.2) is 48.3 Å². The van der Waals surface area contributed by atoms with E-state index in [1.54, 1.807) is 43.5 Å². The molecule has 1 aromatic heterocycles. The molecule has 0 radical (unpaired) electrons. The molecule has 0 aliphatic carbocycles. The van der Waals surface area contributed by atoms with Crippen molar-refractivity contribution in [3.8, 4) is 17.0 Å². The van der Waals surface area contributed by atoms with Gasteiger partial charge in [-0.25, -0.2) is 4.98 Å². The third kappa shape index (κ3) is 4.12. The summed E-state index contributed by atoms with van der Waals surface area (Å²) >= 11 is 1.26. The molecule has 9 heteroatoms. The first-order chi connectivity index (χ1) is 12.7. The Kier molecular flexibility index (Phi) is 5.78. The van der Waals surface area contributed by atoms with Crippen molar-refractivity contribution in [1.29, 1.82) is 0 Å². The standard InChI is InChI=1S/C18H24N2O5S2/c1-18(2,27(23,24)14-7-9-25-10-8-14)16(22)20-17-19-15(11-26-17)12-3-5-13(21)6-4-12/h3-6,11,14,21,23-24H,7-10H2,1-2H3,(H,19,20,22). The fourth-order valence-corrected chi connectivity index (χ4v) is 5.62. The highest BCUT2D eigenvalue weighted by Gasteiger charge is 2.46. The second-order valence-electron chi connectivity index (χ2n) is 6.95. The van der Waals surface area contributed by atoms with Crippen molar-refractivity contribution in [3.63, 3.8) is 0 Å². The van der Waals surface area contributed by atoms with Crippen molar-refractivity contribution >= 4 is 33.0 Å². The molecule has 1 aromatic carbocycles. The van der Waals surface area contributed by atoms with Gasteiger partial charge in [-0.2, -0.15) is 10.6 Å². The fourth-order valence-electron chi connectivity index (χ4n) is 2.90. The number of hydrogen-bond acceptors (Lipinski definition) is 7. The number of carbonyl (C=O) groups excluding carboxylic acids is 1. The molecule has 0 unspecified atom stereocenters. The number of benzene rings is 1. The maximum Gasteiger partial charge on any atom is 0.251 e. The van der Waals surface area contributed by atoms with E-state index in [0.717, 1.165) is 5.56 Å². The van der Waals surface area contributed by atoms with Crippen LogP contribution < -0.4 is 5.32 Å². The van der Waals surface area contributed by atoms with Gasteiger partial charge < -0.3 is 15.2 Å². The molecule has 4 N–H and O–H groups in total. The zero-order valence-corrected chi connectivity index (χ0v) is 16.8. The zero-order valence-electron chi connectivity index (χ0n) is 15.2. The Balaban J connectivity index is 1.73. The van der Waals surface area contributed by atoms with Crippen molar-refractivity contribution < 1.29 is 23.7 Å². The summed E-state index contributed by atoms with van der Waals surface area (Å²) in [5, 5.41) is 13.9. The third-order valence-electron chi connectivity index (χ3n) is 4.82. The second-order valence-corrected chi connectivity index (χ2v) is 10.7. The van der Waals surface area contributed by atoms with Gasteiger partial charge >= 0.3 is 0 Å². The predicted molar refractivity (Wildman–Crippen MR) is 109 cm³/mol. The van der Waals surface area contributed by atoms with Crippen molar-refractivity contribution in [1.82, 2.24) is 4.98 Å². The Morgan fingerprint density at radius 1 is 1.26 bits per heavy atom. The average molecular weight is 413 g/mol. The molecule has 3 rings (SSSR count). The molecule has 1 amide bonds. The highest BCUT2D eigenvalue weighted by molar-refractivity contribution is 8.26. The summed E-state index contributed by atoms with van der Waals surface area (Å²) in [6, 6.07) is 6.61. The fraction of sp³-hybridized carbons (Fsp3) is 0.444. The summed E-state index contributed by atoms with van der Waals surface area (Å²) in [6.45, 7) is 4.06. The van der Waals surface area contributed by atoms with Crippen molar-refractivity contribution in [2.75, 3.05) is 18.5 Å². The van der Waals surface area contributed by atoms with Crippen LogP contribution >= 0.6 is 21.9 Å². The molecule has 7 nitrogen and oxygen atoms in total. The highest BCUT2D eigenvalue weighted by atomic mass is 32.3. The summed E-state index contributed by atoms with van der Waals surface area (Å²) in [5.74, 6) is -0.303. The van der Waals surface area contributed by atoms with Gasteiger partial charge in [0.15, 0.2) is 5.13 Å². The van der Waals surface area contributed by atoms with E-state index >= 15 is 0 Å². The molecule has 27 heavy (non-hydrogen) atoms. The van der Waals surface area contributed by atoms with Gasteiger partial charge in [0.1, 0.15) is 10.5 Å². The number of phenols is 1. The molecular weight excluding hydrogens is 388 g/mol. The van der Waals surface area contributed by atoms with E-state index in [4.69, 9.17) is 4.74 Å². The van der Waals surface area contributed by atoms with Gasteiger partial charge in [0, 0.05) is 24.2 Å². The summed E-state index contributed by atoms with van der Waals surface area (Å²) in [5.41, 5.74) is 1.49. The number of aromatic nitrogens is 1. The number of nitrogens with one attached hydrogen (secondary N) is 1.